The number of nitrogens with one attached hydrogen (secondary N) is 2. The van der Waals surface area contributed by atoms with Gasteiger partial charge in [-0.3, -0.25) is 0 Å². The van der Waals surface area contributed by atoms with Crippen LogP contribution in [0.25, 0.3) is 0 Å². The molecule has 0 radical (unpaired) electrons. The third-order valence-electron chi connectivity index (χ3n) is 2.26. The van der Waals surface area contributed by atoms with E-state index >= 15 is 0 Å². The van der Waals surface area contributed by atoms with E-state index in [0.29, 0.717) is 26.2 Å². The Morgan fingerprint density at radius 2 is 1.93 bits per heavy atom. The molecule has 2 N–H and O–H groups in total. The number of piperazine rings is 1. The summed E-state index contributed by atoms with van der Waals surface area (Å²) < 4.78 is 27.5. The Hall–Kier alpha value is -0.210. The molecule has 15 heavy (non-hydrogen) atoms. The van der Waals surface area contributed by atoms with E-state index in [4.69, 9.17) is 0 Å². The van der Waals surface area contributed by atoms with Crippen LogP contribution in [0.5, 0.6) is 0 Å². The molecule has 7 heteroatoms. The zero-order valence-corrected chi connectivity index (χ0v) is 10.2. The predicted octanol–water partition coefficient (Wildman–Crippen LogP) is -1.71. The molecule has 0 aliphatic carbocycles. The molecule has 1 aliphatic rings. The molecule has 0 atom stereocenters. The zero-order chi connectivity index (χ0) is 11.3. The van der Waals surface area contributed by atoms with E-state index in [2.05, 4.69) is 10.0 Å². The monoisotopic (exact) mass is 236 g/mol. The van der Waals surface area contributed by atoms with E-state index in [1.165, 1.54) is 4.31 Å². The van der Waals surface area contributed by atoms with Crippen molar-refractivity contribution in [2.45, 2.75) is 0 Å². The lowest BCUT2D eigenvalue weighted by molar-refractivity contribution is 0.351. The second-order valence-corrected chi connectivity index (χ2v) is 5.61. The predicted molar refractivity (Wildman–Crippen MR) is 59.9 cm³/mol. The van der Waals surface area contributed by atoms with Crippen LogP contribution in [0.3, 0.4) is 0 Å². The summed E-state index contributed by atoms with van der Waals surface area (Å²) in [5.41, 5.74) is 0. The van der Waals surface area contributed by atoms with Gasteiger partial charge in [0.2, 0.25) is 0 Å². The van der Waals surface area contributed by atoms with Gasteiger partial charge in [-0.15, -0.1) is 0 Å². The summed E-state index contributed by atoms with van der Waals surface area (Å²) in [6.07, 6.45) is 0. The topological polar surface area (TPSA) is 64.7 Å². The average Bonchev–Trinajstić information content (AvgIpc) is 2.18. The number of nitrogens with zero attached hydrogens (tertiary/aromatic N) is 2. The fourth-order valence-electron chi connectivity index (χ4n) is 1.37. The van der Waals surface area contributed by atoms with Gasteiger partial charge in [-0.2, -0.15) is 12.7 Å². The van der Waals surface area contributed by atoms with Crippen LogP contribution in [-0.2, 0) is 10.2 Å². The second-order valence-electron chi connectivity index (χ2n) is 3.85. The van der Waals surface area contributed by atoms with Crippen LogP contribution in [0.2, 0.25) is 0 Å². The highest BCUT2D eigenvalue weighted by Crippen LogP contribution is 1.99. The van der Waals surface area contributed by atoms with Crippen LogP contribution < -0.4 is 10.0 Å². The SMILES string of the molecule is CN(C)CCNS(=O)(=O)N1CCNCC1. The van der Waals surface area contributed by atoms with E-state index < -0.39 is 10.2 Å². The van der Waals surface area contributed by atoms with Gasteiger partial charge in [-0.05, 0) is 14.1 Å². The molecule has 1 aliphatic heterocycles. The van der Waals surface area contributed by atoms with Gasteiger partial charge in [0.1, 0.15) is 0 Å². The highest BCUT2D eigenvalue weighted by Gasteiger charge is 2.22. The molecule has 6 nitrogen and oxygen atoms in total. The first-order chi connectivity index (χ1) is 7.02. The average molecular weight is 236 g/mol. The van der Waals surface area contributed by atoms with Crippen molar-refractivity contribution in [2.24, 2.45) is 0 Å². The number of likely N-dealkylation sites (N-methyl/N-ethyl adjacent to an activating group) is 1. The van der Waals surface area contributed by atoms with Gasteiger partial charge in [0, 0.05) is 39.3 Å². The fourth-order valence-corrected chi connectivity index (χ4v) is 2.57. The summed E-state index contributed by atoms with van der Waals surface area (Å²) in [6, 6.07) is 0. The van der Waals surface area contributed by atoms with E-state index in [-0.39, 0.29) is 0 Å². The lowest BCUT2D eigenvalue weighted by atomic mass is 10.4. The molecule has 0 saturated carbocycles. The maximum atomic E-state index is 11.7. The quantitative estimate of drug-likeness (QED) is 0.596. The summed E-state index contributed by atoms with van der Waals surface area (Å²) in [6.45, 7) is 3.74. The Labute approximate surface area is 91.8 Å². The standard InChI is InChI=1S/C8H20N4O2S/c1-11(2)6-5-10-15(13,14)12-7-3-9-4-8-12/h9-10H,3-8H2,1-2H3. The van der Waals surface area contributed by atoms with E-state index in [9.17, 15) is 8.42 Å². The first-order valence-corrected chi connectivity index (χ1v) is 6.56. The molecule has 90 valence electrons. The highest BCUT2D eigenvalue weighted by molar-refractivity contribution is 7.87. The number of hydrogen-bond donors (Lipinski definition) is 2. The van der Waals surface area contributed by atoms with E-state index in [0.717, 1.165) is 13.1 Å². The third-order valence-corrected chi connectivity index (χ3v) is 3.87. The van der Waals surface area contributed by atoms with Crippen LogP contribution in [0.15, 0.2) is 0 Å². The summed E-state index contributed by atoms with van der Waals surface area (Å²) in [5.74, 6) is 0. The Balaban J connectivity index is 2.36. The fraction of sp³-hybridized carbons (Fsp3) is 1.00. The summed E-state index contributed by atoms with van der Waals surface area (Å²) in [4.78, 5) is 1.94. The van der Waals surface area contributed by atoms with Crippen LogP contribution >= 0.6 is 0 Å². The molecule has 1 saturated heterocycles. The molecule has 0 aromatic rings. The van der Waals surface area contributed by atoms with Crippen molar-refractivity contribution < 1.29 is 8.42 Å². The molecule has 0 aromatic carbocycles. The van der Waals surface area contributed by atoms with Crippen LogP contribution in [0, 0.1) is 0 Å². The highest BCUT2D eigenvalue weighted by atomic mass is 32.2. The second kappa shape index (κ2) is 5.76. The van der Waals surface area contributed by atoms with E-state index in [1.807, 2.05) is 19.0 Å². The van der Waals surface area contributed by atoms with Gasteiger partial charge in [0.15, 0.2) is 0 Å². The van der Waals surface area contributed by atoms with Crippen molar-refractivity contribution >= 4 is 10.2 Å². The van der Waals surface area contributed by atoms with Crippen molar-refractivity contribution in [1.29, 1.82) is 0 Å². The first kappa shape index (κ1) is 12.9. The van der Waals surface area contributed by atoms with Gasteiger partial charge in [-0.1, -0.05) is 0 Å². The number of hydrogen-bond acceptors (Lipinski definition) is 4. The van der Waals surface area contributed by atoms with Gasteiger partial charge >= 0.3 is 0 Å². The Morgan fingerprint density at radius 3 is 2.47 bits per heavy atom. The van der Waals surface area contributed by atoms with Gasteiger partial charge < -0.3 is 10.2 Å². The lowest BCUT2D eigenvalue weighted by Gasteiger charge is -2.26. The van der Waals surface area contributed by atoms with Crippen LogP contribution in [0.4, 0.5) is 0 Å². The summed E-state index contributed by atoms with van der Waals surface area (Å²) in [5, 5.41) is 3.12. The molecule has 0 aromatic heterocycles. The summed E-state index contributed by atoms with van der Waals surface area (Å²) in [7, 11) is 0.569. The normalized spacial score (nSPS) is 19.7. The number of rotatable bonds is 5. The first-order valence-electron chi connectivity index (χ1n) is 5.12. The van der Waals surface area contributed by atoms with Gasteiger partial charge in [0.05, 0.1) is 0 Å². The molecule has 0 amide bonds. The lowest BCUT2D eigenvalue weighted by Crippen LogP contribution is -2.51. The molecule has 1 fully saturated rings. The van der Waals surface area contributed by atoms with E-state index in [1.54, 1.807) is 0 Å². The van der Waals surface area contributed by atoms with Crippen molar-refractivity contribution in [3.05, 3.63) is 0 Å². The minimum absolute atomic E-state index is 0.458. The van der Waals surface area contributed by atoms with Crippen molar-refractivity contribution in [1.82, 2.24) is 19.2 Å². The third kappa shape index (κ3) is 4.43. The minimum atomic E-state index is -3.26. The zero-order valence-electron chi connectivity index (χ0n) is 9.36. The Bertz CT molecular complexity index is 272. The molecule has 0 spiro atoms. The molecule has 0 unspecified atom stereocenters. The van der Waals surface area contributed by atoms with Crippen molar-refractivity contribution in [2.75, 3.05) is 53.4 Å². The Morgan fingerprint density at radius 1 is 1.33 bits per heavy atom. The minimum Gasteiger partial charge on any atom is -0.314 e. The van der Waals surface area contributed by atoms with Gasteiger partial charge in [-0.25, -0.2) is 4.72 Å². The molecule has 0 bridgehead atoms. The maximum absolute atomic E-state index is 11.7. The smallest absolute Gasteiger partial charge is 0.279 e. The van der Waals surface area contributed by atoms with Crippen LogP contribution in [0.1, 0.15) is 0 Å². The van der Waals surface area contributed by atoms with Crippen LogP contribution in [-0.4, -0.2) is 71.0 Å². The van der Waals surface area contributed by atoms with Gasteiger partial charge in [0.25, 0.3) is 10.2 Å². The summed E-state index contributed by atoms with van der Waals surface area (Å²) >= 11 is 0. The van der Waals surface area contributed by atoms with Crippen molar-refractivity contribution in [3.63, 3.8) is 0 Å². The Kier molecular flexibility index (Phi) is 4.94. The largest absolute Gasteiger partial charge is 0.314 e. The van der Waals surface area contributed by atoms with Crippen molar-refractivity contribution in [3.8, 4) is 0 Å². The maximum Gasteiger partial charge on any atom is 0.279 e. The molecular weight excluding hydrogens is 216 g/mol. The molecule has 1 heterocycles. The molecular formula is C8H20N4O2S. The molecule has 1 rings (SSSR count).